The molecule has 0 heterocycles. The number of hydrogen-bond donors (Lipinski definition) is 1. The lowest BCUT2D eigenvalue weighted by Gasteiger charge is -2.45. The van der Waals surface area contributed by atoms with Gasteiger partial charge >= 0.3 is 5.97 Å². The van der Waals surface area contributed by atoms with Gasteiger partial charge in [0.05, 0.1) is 5.41 Å². The van der Waals surface area contributed by atoms with Crippen LogP contribution in [0, 0.1) is 10.8 Å². The van der Waals surface area contributed by atoms with E-state index in [0.717, 1.165) is 0 Å². The quantitative estimate of drug-likeness (QED) is 0.736. The van der Waals surface area contributed by atoms with Crippen LogP contribution in [0.25, 0.3) is 0 Å². The van der Waals surface area contributed by atoms with Crippen LogP contribution < -0.4 is 0 Å². The van der Waals surface area contributed by atoms with E-state index in [9.17, 15) is 18.7 Å². The summed E-state index contributed by atoms with van der Waals surface area (Å²) in [6, 6.07) is 0. The molecule has 4 heteroatoms. The number of hydrogen-bond acceptors (Lipinski definition) is 1. The van der Waals surface area contributed by atoms with Gasteiger partial charge in [0, 0.05) is 12.8 Å². The minimum absolute atomic E-state index is 0.0683. The highest BCUT2D eigenvalue weighted by molar-refractivity contribution is 5.75. The summed E-state index contributed by atoms with van der Waals surface area (Å²) in [4.78, 5) is 11.3. The van der Waals surface area contributed by atoms with Crippen molar-refractivity contribution in [3.05, 3.63) is 0 Å². The molecule has 0 radical (unpaired) electrons. The first kappa shape index (κ1) is 12.4. The van der Waals surface area contributed by atoms with Crippen molar-refractivity contribution in [1.82, 2.24) is 0 Å². The molecule has 1 N–H and O–H groups in total. The number of carboxylic acids is 1. The predicted molar refractivity (Wildman–Crippen MR) is 52.9 cm³/mol. The van der Waals surface area contributed by atoms with Gasteiger partial charge in [0.15, 0.2) is 0 Å². The molecular formula is C11H18F2O2. The zero-order chi connectivity index (χ0) is 11.9. The molecule has 0 atom stereocenters. The molecule has 1 aliphatic carbocycles. The molecule has 88 valence electrons. The van der Waals surface area contributed by atoms with E-state index in [4.69, 9.17) is 0 Å². The first-order chi connectivity index (χ1) is 6.61. The third kappa shape index (κ3) is 2.13. The fraction of sp³-hybridized carbons (Fsp3) is 0.909. The van der Waals surface area contributed by atoms with Crippen LogP contribution in [0.1, 0.15) is 46.5 Å². The average Bonchev–Trinajstić information content (AvgIpc) is 2.01. The number of rotatable bonds is 1. The van der Waals surface area contributed by atoms with Crippen LogP contribution in [0.4, 0.5) is 8.78 Å². The van der Waals surface area contributed by atoms with Crippen molar-refractivity contribution in [2.24, 2.45) is 10.8 Å². The highest BCUT2D eigenvalue weighted by Gasteiger charge is 2.54. The normalized spacial score (nSPS) is 24.9. The van der Waals surface area contributed by atoms with Gasteiger partial charge in [-0.2, -0.15) is 0 Å². The summed E-state index contributed by atoms with van der Waals surface area (Å²) in [5.41, 5.74) is -1.47. The second-order valence-electron chi connectivity index (χ2n) is 5.49. The molecular weight excluding hydrogens is 202 g/mol. The molecule has 15 heavy (non-hydrogen) atoms. The Kier molecular flexibility index (Phi) is 2.83. The number of aliphatic carboxylic acids is 1. The topological polar surface area (TPSA) is 37.3 Å². The molecule has 0 unspecified atom stereocenters. The van der Waals surface area contributed by atoms with Crippen LogP contribution in [0.5, 0.6) is 0 Å². The average molecular weight is 220 g/mol. The van der Waals surface area contributed by atoms with Crippen molar-refractivity contribution < 1.29 is 18.7 Å². The van der Waals surface area contributed by atoms with E-state index in [0.29, 0.717) is 0 Å². The highest BCUT2D eigenvalue weighted by atomic mass is 19.3. The Morgan fingerprint density at radius 1 is 1.13 bits per heavy atom. The smallest absolute Gasteiger partial charge is 0.310 e. The fourth-order valence-electron chi connectivity index (χ4n) is 2.33. The van der Waals surface area contributed by atoms with E-state index in [-0.39, 0.29) is 25.7 Å². The van der Waals surface area contributed by atoms with Gasteiger partial charge in [-0.1, -0.05) is 20.8 Å². The summed E-state index contributed by atoms with van der Waals surface area (Å²) in [6.07, 6.45) is -0.481. The first-order valence-corrected chi connectivity index (χ1v) is 5.22. The van der Waals surface area contributed by atoms with E-state index in [1.165, 1.54) is 0 Å². The summed E-state index contributed by atoms with van der Waals surface area (Å²) < 4.78 is 26.0. The molecule has 0 aromatic rings. The minimum atomic E-state index is -2.68. The molecule has 0 aromatic carbocycles. The third-order valence-electron chi connectivity index (χ3n) is 3.68. The first-order valence-electron chi connectivity index (χ1n) is 5.22. The highest BCUT2D eigenvalue weighted by Crippen LogP contribution is 2.53. The molecule has 0 bridgehead atoms. The Morgan fingerprint density at radius 2 is 1.53 bits per heavy atom. The van der Waals surface area contributed by atoms with Crippen LogP contribution in [0.2, 0.25) is 0 Å². The van der Waals surface area contributed by atoms with E-state index >= 15 is 0 Å². The maximum Gasteiger partial charge on any atom is 0.310 e. The summed E-state index contributed by atoms with van der Waals surface area (Å²) in [5.74, 6) is -3.62. The van der Waals surface area contributed by atoms with Crippen LogP contribution in [0.3, 0.4) is 0 Å². The van der Waals surface area contributed by atoms with Crippen LogP contribution in [-0.4, -0.2) is 17.0 Å². The molecule has 1 saturated carbocycles. The van der Waals surface area contributed by atoms with Gasteiger partial charge in [-0.3, -0.25) is 4.79 Å². The Bertz CT molecular complexity index is 256. The van der Waals surface area contributed by atoms with Crippen molar-refractivity contribution in [1.29, 1.82) is 0 Å². The van der Waals surface area contributed by atoms with Crippen molar-refractivity contribution in [2.75, 3.05) is 0 Å². The van der Waals surface area contributed by atoms with Crippen LogP contribution >= 0.6 is 0 Å². The molecule has 0 spiro atoms. The standard InChI is InChI=1S/C11H18F2O2/c1-9(2,3)10(8(14)15)4-6-11(12,13)7-5-10/h4-7H2,1-3H3,(H,14,15). The van der Waals surface area contributed by atoms with E-state index in [2.05, 4.69) is 0 Å². The van der Waals surface area contributed by atoms with Gasteiger partial charge in [0.2, 0.25) is 5.92 Å². The third-order valence-corrected chi connectivity index (χ3v) is 3.68. The van der Waals surface area contributed by atoms with Gasteiger partial charge in [0.25, 0.3) is 0 Å². The summed E-state index contributed by atoms with van der Waals surface area (Å²) >= 11 is 0. The van der Waals surface area contributed by atoms with Gasteiger partial charge < -0.3 is 5.11 Å². The maximum absolute atomic E-state index is 13.0. The van der Waals surface area contributed by atoms with Crippen molar-refractivity contribution in [3.63, 3.8) is 0 Å². The molecule has 1 rings (SSSR count). The van der Waals surface area contributed by atoms with E-state index < -0.39 is 22.7 Å². The van der Waals surface area contributed by atoms with Gasteiger partial charge in [-0.25, -0.2) is 8.78 Å². The zero-order valence-corrected chi connectivity index (χ0v) is 9.44. The Balaban J connectivity index is 2.94. The Labute approximate surface area is 88.7 Å². The Hall–Kier alpha value is -0.670. The number of halogens is 2. The van der Waals surface area contributed by atoms with Gasteiger partial charge in [0.1, 0.15) is 0 Å². The minimum Gasteiger partial charge on any atom is -0.481 e. The largest absolute Gasteiger partial charge is 0.481 e. The second kappa shape index (κ2) is 3.42. The number of carbonyl (C=O) groups is 1. The lowest BCUT2D eigenvalue weighted by atomic mass is 9.59. The van der Waals surface area contributed by atoms with Crippen molar-refractivity contribution >= 4 is 5.97 Å². The molecule has 0 saturated heterocycles. The summed E-state index contributed by atoms with van der Waals surface area (Å²) in [5, 5.41) is 9.25. The SMILES string of the molecule is CC(C)(C)C1(C(=O)O)CCC(F)(F)CC1. The van der Waals surface area contributed by atoms with E-state index in [1.54, 1.807) is 0 Å². The monoisotopic (exact) mass is 220 g/mol. The molecule has 0 amide bonds. The number of alkyl halides is 2. The zero-order valence-electron chi connectivity index (χ0n) is 9.44. The summed E-state index contributed by atoms with van der Waals surface area (Å²) in [6.45, 7) is 5.43. The second-order valence-corrected chi connectivity index (χ2v) is 5.49. The van der Waals surface area contributed by atoms with Gasteiger partial charge in [-0.15, -0.1) is 0 Å². The van der Waals surface area contributed by atoms with Crippen LogP contribution in [0.15, 0.2) is 0 Å². The van der Waals surface area contributed by atoms with Crippen molar-refractivity contribution in [3.8, 4) is 0 Å². The lowest BCUT2D eigenvalue weighted by Crippen LogP contribution is -2.47. The molecule has 0 aliphatic heterocycles. The number of carboxylic acid groups (broad SMARTS) is 1. The van der Waals surface area contributed by atoms with Crippen molar-refractivity contribution in [2.45, 2.75) is 52.4 Å². The molecule has 1 aliphatic rings. The van der Waals surface area contributed by atoms with Crippen LogP contribution in [-0.2, 0) is 4.79 Å². The summed E-state index contributed by atoms with van der Waals surface area (Å²) in [7, 11) is 0. The predicted octanol–water partition coefficient (Wildman–Crippen LogP) is 3.31. The Morgan fingerprint density at radius 3 is 1.80 bits per heavy atom. The fourth-order valence-corrected chi connectivity index (χ4v) is 2.33. The van der Waals surface area contributed by atoms with E-state index in [1.807, 2.05) is 20.8 Å². The van der Waals surface area contributed by atoms with Gasteiger partial charge in [-0.05, 0) is 18.3 Å². The lowest BCUT2D eigenvalue weighted by molar-refractivity contribution is -0.168. The molecule has 2 nitrogen and oxygen atoms in total. The maximum atomic E-state index is 13.0. The molecule has 1 fully saturated rings. The molecule has 0 aromatic heterocycles.